The van der Waals surface area contributed by atoms with Gasteiger partial charge in [0, 0.05) is 35.9 Å². The number of aryl methyl sites for hydroxylation is 1. The average molecular weight is 476 g/mol. The summed E-state index contributed by atoms with van der Waals surface area (Å²) in [6.45, 7) is 1.90. The minimum Gasteiger partial charge on any atom is -0.450 e. The molecule has 4 rings (SSSR count). The maximum Gasteiger partial charge on any atom is 0.503 e. The molecule has 0 aliphatic heterocycles. The van der Waals surface area contributed by atoms with E-state index in [-0.39, 0.29) is 5.95 Å². The number of halogens is 3. The number of aromatic nitrogens is 4. The molecule has 1 aliphatic rings. The van der Waals surface area contributed by atoms with E-state index in [1.165, 1.54) is 12.8 Å². The summed E-state index contributed by atoms with van der Waals surface area (Å²) in [5.74, 6) is 0.489. The van der Waals surface area contributed by atoms with Crippen molar-refractivity contribution in [2.75, 3.05) is 10.6 Å². The molecule has 2 aromatic heterocycles. The second-order valence-electron chi connectivity index (χ2n) is 7.68. The number of nitrogens with one attached hydrogen (secondary N) is 2. The lowest BCUT2D eigenvalue weighted by molar-refractivity contribution is -0.141. The molecule has 0 bridgehead atoms. The molecular formula is C22H23F3N6O3. The molecule has 180 valence electrons. The number of carboxylic acid groups (broad SMARTS) is 2. The predicted molar refractivity (Wildman–Crippen MR) is 119 cm³/mol. The molecule has 4 N–H and O–H groups in total. The number of rotatable bonds is 5. The van der Waals surface area contributed by atoms with Crippen LogP contribution < -0.4 is 10.6 Å². The molecule has 0 atom stereocenters. The van der Waals surface area contributed by atoms with Crippen LogP contribution in [0.2, 0.25) is 0 Å². The van der Waals surface area contributed by atoms with Crippen LogP contribution in [-0.4, -0.2) is 42.3 Å². The lowest BCUT2D eigenvalue weighted by Crippen LogP contribution is -2.16. The summed E-state index contributed by atoms with van der Waals surface area (Å²) >= 11 is 0. The summed E-state index contributed by atoms with van der Waals surface area (Å²) in [5, 5.41) is 20.1. The van der Waals surface area contributed by atoms with Crippen LogP contribution in [0.3, 0.4) is 0 Å². The van der Waals surface area contributed by atoms with Gasteiger partial charge in [0.1, 0.15) is 5.69 Å². The maximum absolute atomic E-state index is 12.9. The molecule has 3 aromatic rings. The average Bonchev–Trinajstić information content (AvgIpc) is 3.26. The SMILES string of the molecule is Cc1cc(Nc2nccc(C(F)(F)F)n2)cc(-c2cnc(NC3CCCC3)nc2)c1.O=C(O)O. The fraction of sp³-hybridized carbons (Fsp3) is 0.318. The van der Waals surface area contributed by atoms with Crippen molar-refractivity contribution in [3.05, 3.63) is 54.1 Å². The molecule has 1 aliphatic carbocycles. The zero-order valence-corrected chi connectivity index (χ0v) is 18.2. The number of anilines is 3. The fourth-order valence-corrected chi connectivity index (χ4v) is 3.53. The van der Waals surface area contributed by atoms with E-state index in [1.807, 2.05) is 19.1 Å². The first-order chi connectivity index (χ1) is 16.1. The maximum atomic E-state index is 12.9. The molecular weight excluding hydrogens is 453 g/mol. The van der Waals surface area contributed by atoms with Gasteiger partial charge in [-0.2, -0.15) is 13.2 Å². The monoisotopic (exact) mass is 476 g/mol. The third kappa shape index (κ3) is 7.29. The van der Waals surface area contributed by atoms with Gasteiger partial charge in [-0.3, -0.25) is 0 Å². The van der Waals surface area contributed by atoms with Crippen LogP contribution in [0.1, 0.15) is 36.9 Å². The van der Waals surface area contributed by atoms with Gasteiger partial charge in [-0.25, -0.2) is 24.7 Å². The Bertz CT molecular complexity index is 1120. The predicted octanol–water partition coefficient (Wildman–Crippen LogP) is 5.58. The Balaban J connectivity index is 0.000000751. The van der Waals surface area contributed by atoms with Gasteiger partial charge in [0.05, 0.1) is 0 Å². The molecule has 0 saturated heterocycles. The van der Waals surface area contributed by atoms with Gasteiger partial charge in [0.15, 0.2) is 0 Å². The van der Waals surface area contributed by atoms with Crippen LogP contribution in [0.4, 0.5) is 35.5 Å². The van der Waals surface area contributed by atoms with Gasteiger partial charge in [-0.15, -0.1) is 0 Å². The Morgan fingerprint density at radius 3 is 2.26 bits per heavy atom. The van der Waals surface area contributed by atoms with Crippen molar-refractivity contribution >= 4 is 23.7 Å². The van der Waals surface area contributed by atoms with Gasteiger partial charge in [-0.05, 0) is 49.1 Å². The molecule has 1 saturated carbocycles. The first-order valence-electron chi connectivity index (χ1n) is 10.4. The third-order valence-corrected chi connectivity index (χ3v) is 4.95. The molecule has 0 amide bonds. The van der Waals surface area contributed by atoms with Gasteiger partial charge in [-0.1, -0.05) is 18.9 Å². The Hall–Kier alpha value is -3.96. The summed E-state index contributed by atoms with van der Waals surface area (Å²) in [7, 11) is 0. The van der Waals surface area contributed by atoms with Crippen molar-refractivity contribution in [1.29, 1.82) is 0 Å². The van der Waals surface area contributed by atoms with Crippen LogP contribution in [-0.2, 0) is 6.18 Å². The van der Waals surface area contributed by atoms with E-state index < -0.39 is 18.0 Å². The van der Waals surface area contributed by atoms with E-state index in [9.17, 15) is 13.2 Å². The van der Waals surface area contributed by atoms with E-state index >= 15 is 0 Å². The zero-order chi connectivity index (χ0) is 24.7. The fourth-order valence-electron chi connectivity index (χ4n) is 3.53. The standard InChI is InChI=1S/C21H21F3N6.CH2O3/c1-13-8-14(15-11-26-19(27-12-15)28-16-4-2-3-5-16)10-17(9-13)29-20-25-7-6-18(30-20)21(22,23)24;2-1(3)4/h6-12,16H,2-5H2,1H3,(H,25,29,30)(H,26,27,28);(H2,2,3,4). The molecule has 1 fully saturated rings. The number of hydrogen-bond acceptors (Lipinski definition) is 7. The highest BCUT2D eigenvalue weighted by molar-refractivity contribution is 5.70. The number of hydrogen-bond donors (Lipinski definition) is 4. The highest BCUT2D eigenvalue weighted by atomic mass is 19.4. The van der Waals surface area contributed by atoms with Crippen molar-refractivity contribution in [2.24, 2.45) is 0 Å². The third-order valence-electron chi connectivity index (χ3n) is 4.95. The van der Waals surface area contributed by atoms with E-state index in [0.717, 1.165) is 41.8 Å². The second-order valence-corrected chi connectivity index (χ2v) is 7.68. The summed E-state index contributed by atoms with van der Waals surface area (Å²) < 4.78 is 38.6. The first-order valence-corrected chi connectivity index (χ1v) is 10.4. The minimum absolute atomic E-state index is 0.117. The van der Waals surface area contributed by atoms with E-state index in [2.05, 4.69) is 30.6 Å². The zero-order valence-electron chi connectivity index (χ0n) is 18.2. The number of benzene rings is 1. The van der Waals surface area contributed by atoms with E-state index in [1.54, 1.807) is 18.5 Å². The topological polar surface area (TPSA) is 133 Å². The number of alkyl halides is 3. The quantitative estimate of drug-likeness (QED) is 0.372. The van der Waals surface area contributed by atoms with Crippen LogP contribution in [0.25, 0.3) is 11.1 Å². The van der Waals surface area contributed by atoms with Crippen LogP contribution in [0.15, 0.2) is 42.9 Å². The minimum atomic E-state index is -4.53. The summed E-state index contributed by atoms with van der Waals surface area (Å²) in [6.07, 6.45) is 2.93. The Kier molecular flexibility index (Phi) is 7.82. The van der Waals surface area contributed by atoms with Crippen LogP contribution >= 0.6 is 0 Å². The van der Waals surface area contributed by atoms with Gasteiger partial charge < -0.3 is 20.8 Å². The number of nitrogens with zero attached hydrogens (tertiary/aromatic N) is 4. The van der Waals surface area contributed by atoms with Crippen molar-refractivity contribution in [2.45, 2.75) is 44.8 Å². The van der Waals surface area contributed by atoms with E-state index in [0.29, 0.717) is 17.7 Å². The molecule has 0 radical (unpaired) electrons. The molecule has 0 unspecified atom stereocenters. The lowest BCUT2D eigenvalue weighted by Gasteiger charge is -2.13. The molecule has 34 heavy (non-hydrogen) atoms. The van der Waals surface area contributed by atoms with Crippen molar-refractivity contribution < 1.29 is 28.2 Å². The largest absolute Gasteiger partial charge is 0.503 e. The molecule has 9 nitrogen and oxygen atoms in total. The Morgan fingerprint density at radius 1 is 1.00 bits per heavy atom. The molecule has 2 heterocycles. The molecule has 1 aromatic carbocycles. The number of carbonyl (C=O) groups is 1. The Morgan fingerprint density at radius 2 is 1.65 bits per heavy atom. The smallest absolute Gasteiger partial charge is 0.450 e. The van der Waals surface area contributed by atoms with Gasteiger partial charge in [0.25, 0.3) is 0 Å². The lowest BCUT2D eigenvalue weighted by atomic mass is 10.1. The van der Waals surface area contributed by atoms with Crippen molar-refractivity contribution in [3.8, 4) is 11.1 Å². The Labute approximate surface area is 193 Å². The van der Waals surface area contributed by atoms with Crippen molar-refractivity contribution in [1.82, 2.24) is 19.9 Å². The summed E-state index contributed by atoms with van der Waals surface area (Å²) in [5.41, 5.74) is 2.17. The van der Waals surface area contributed by atoms with Gasteiger partial charge >= 0.3 is 12.3 Å². The second kappa shape index (κ2) is 10.8. The first kappa shape index (κ1) is 24.7. The molecule has 12 heteroatoms. The summed E-state index contributed by atoms with van der Waals surface area (Å²) in [6, 6.07) is 6.84. The van der Waals surface area contributed by atoms with Gasteiger partial charge in [0.2, 0.25) is 11.9 Å². The van der Waals surface area contributed by atoms with E-state index in [4.69, 9.17) is 15.0 Å². The normalized spacial score (nSPS) is 13.6. The van der Waals surface area contributed by atoms with Crippen molar-refractivity contribution in [3.63, 3.8) is 0 Å². The van der Waals surface area contributed by atoms with Crippen LogP contribution in [0, 0.1) is 6.92 Å². The highest BCUT2D eigenvalue weighted by Crippen LogP contribution is 2.29. The van der Waals surface area contributed by atoms with Crippen LogP contribution in [0.5, 0.6) is 0 Å². The summed E-state index contributed by atoms with van der Waals surface area (Å²) in [4.78, 5) is 24.8. The highest BCUT2D eigenvalue weighted by Gasteiger charge is 2.32. The molecule has 0 spiro atoms.